The summed E-state index contributed by atoms with van der Waals surface area (Å²) in [6, 6.07) is 8.77. The molecule has 2 heteroatoms. The molecule has 94 valence electrons. The quantitative estimate of drug-likeness (QED) is 0.860. The van der Waals surface area contributed by atoms with Crippen molar-refractivity contribution < 1.29 is 5.11 Å². The second-order valence-corrected chi connectivity index (χ2v) is 5.22. The van der Waals surface area contributed by atoms with Crippen molar-refractivity contribution in [3.05, 3.63) is 29.8 Å². The number of hydrogen-bond acceptors (Lipinski definition) is 2. The summed E-state index contributed by atoms with van der Waals surface area (Å²) in [6.07, 6.45) is 6.81. The van der Waals surface area contributed by atoms with Crippen LogP contribution in [0.15, 0.2) is 24.3 Å². The highest BCUT2D eigenvalue weighted by Crippen LogP contribution is 2.29. The van der Waals surface area contributed by atoms with Crippen LogP contribution in [0.5, 0.6) is 5.75 Å². The number of phenols is 1. The lowest BCUT2D eigenvalue weighted by atomic mass is 9.93. The van der Waals surface area contributed by atoms with E-state index in [2.05, 4.69) is 18.9 Å². The summed E-state index contributed by atoms with van der Waals surface area (Å²) in [7, 11) is 2.23. The molecule has 0 radical (unpaired) electrons. The predicted octanol–water partition coefficient (Wildman–Crippen LogP) is 3.72. The average Bonchev–Trinajstić information content (AvgIpc) is 2.39. The Morgan fingerprint density at radius 3 is 2.29 bits per heavy atom. The molecule has 0 bridgehead atoms. The maximum atomic E-state index is 9.31. The van der Waals surface area contributed by atoms with Gasteiger partial charge in [-0.05, 0) is 44.5 Å². The molecule has 0 spiro atoms. The summed E-state index contributed by atoms with van der Waals surface area (Å²) in [5.74, 6) is 0.348. The van der Waals surface area contributed by atoms with Gasteiger partial charge in [0.15, 0.2) is 0 Å². The highest BCUT2D eigenvalue weighted by atomic mass is 16.3. The van der Waals surface area contributed by atoms with Crippen molar-refractivity contribution in [1.29, 1.82) is 0 Å². The SMILES string of the molecule is CC(c1ccc(O)cc1)N(C)C1CCCCC1. The number of hydrogen-bond donors (Lipinski definition) is 1. The van der Waals surface area contributed by atoms with Crippen LogP contribution in [-0.4, -0.2) is 23.1 Å². The lowest BCUT2D eigenvalue weighted by Crippen LogP contribution is -2.35. The molecule has 1 unspecified atom stereocenters. The smallest absolute Gasteiger partial charge is 0.115 e. The van der Waals surface area contributed by atoms with Gasteiger partial charge >= 0.3 is 0 Å². The highest BCUT2D eigenvalue weighted by molar-refractivity contribution is 5.27. The maximum Gasteiger partial charge on any atom is 0.115 e. The zero-order valence-electron chi connectivity index (χ0n) is 10.9. The van der Waals surface area contributed by atoms with Gasteiger partial charge in [0.1, 0.15) is 5.75 Å². The third kappa shape index (κ3) is 3.01. The van der Waals surface area contributed by atoms with Crippen molar-refractivity contribution in [3.63, 3.8) is 0 Å². The zero-order chi connectivity index (χ0) is 12.3. The van der Waals surface area contributed by atoms with Crippen molar-refractivity contribution in [1.82, 2.24) is 4.90 Å². The summed E-state index contributed by atoms with van der Waals surface area (Å²) >= 11 is 0. The van der Waals surface area contributed by atoms with E-state index >= 15 is 0 Å². The largest absolute Gasteiger partial charge is 0.508 e. The molecule has 1 aromatic rings. The molecule has 1 N–H and O–H groups in total. The normalized spacial score (nSPS) is 19.5. The van der Waals surface area contributed by atoms with Gasteiger partial charge in [-0.3, -0.25) is 4.90 Å². The molecule has 0 heterocycles. The van der Waals surface area contributed by atoms with Crippen LogP contribution in [0.3, 0.4) is 0 Å². The summed E-state index contributed by atoms with van der Waals surface area (Å²) in [6.45, 7) is 2.25. The summed E-state index contributed by atoms with van der Waals surface area (Å²) in [5, 5.41) is 9.31. The molecule has 17 heavy (non-hydrogen) atoms. The van der Waals surface area contributed by atoms with Crippen LogP contribution in [0.4, 0.5) is 0 Å². The number of phenolic OH excluding ortho intramolecular Hbond substituents is 1. The van der Waals surface area contributed by atoms with Crippen LogP contribution in [0.1, 0.15) is 50.6 Å². The molecule has 0 saturated heterocycles. The first-order chi connectivity index (χ1) is 8.18. The molecule has 2 rings (SSSR count). The van der Waals surface area contributed by atoms with E-state index in [0.717, 1.165) is 6.04 Å². The molecule has 1 fully saturated rings. The van der Waals surface area contributed by atoms with Gasteiger partial charge in [0.25, 0.3) is 0 Å². The minimum Gasteiger partial charge on any atom is -0.508 e. The van der Waals surface area contributed by atoms with Gasteiger partial charge in [-0.1, -0.05) is 31.4 Å². The third-order valence-corrected chi connectivity index (χ3v) is 4.14. The Kier molecular flexibility index (Phi) is 4.06. The number of rotatable bonds is 3. The minimum absolute atomic E-state index is 0.348. The first kappa shape index (κ1) is 12.4. The Bertz CT molecular complexity index is 340. The van der Waals surface area contributed by atoms with Crippen LogP contribution in [0, 0.1) is 0 Å². The van der Waals surface area contributed by atoms with E-state index in [1.54, 1.807) is 12.1 Å². The fourth-order valence-corrected chi connectivity index (χ4v) is 2.79. The first-order valence-corrected chi connectivity index (χ1v) is 6.69. The molecule has 0 aliphatic heterocycles. The monoisotopic (exact) mass is 233 g/mol. The lowest BCUT2D eigenvalue weighted by Gasteiger charge is -2.35. The van der Waals surface area contributed by atoms with E-state index in [1.165, 1.54) is 37.7 Å². The Morgan fingerprint density at radius 1 is 1.12 bits per heavy atom. The van der Waals surface area contributed by atoms with Crippen LogP contribution >= 0.6 is 0 Å². The van der Waals surface area contributed by atoms with Gasteiger partial charge in [-0.2, -0.15) is 0 Å². The second kappa shape index (κ2) is 5.54. The Morgan fingerprint density at radius 2 is 1.71 bits per heavy atom. The standard InChI is InChI=1S/C15H23NO/c1-12(13-8-10-15(17)11-9-13)16(2)14-6-4-3-5-7-14/h8-12,14,17H,3-7H2,1-2H3. The van der Waals surface area contributed by atoms with E-state index in [9.17, 15) is 5.11 Å². The van der Waals surface area contributed by atoms with Gasteiger partial charge in [-0.25, -0.2) is 0 Å². The summed E-state index contributed by atoms with van der Waals surface area (Å²) < 4.78 is 0. The van der Waals surface area contributed by atoms with E-state index in [4.69, 9.17) is 0 Å². The molecule has 2 nitrogen and oxygen atoms in total. The van der Waals surface area contributed by atoms with Gasteiger partial charge in [0, 0.05) is 12.1 Å². The molecule has 0 aromatic heterocycles. The molecule has 1 atom stereocenters. The van der Waals surface area contributed by atoms with Crippen LogP contribution in [0.25, 0.3) is 0 Å². The highest BCUT2D eigenvalue weighted by Gasteiger charge is 2.22. The molecular formula is C15H23NO. The van der Waals surface area contributed by atoms with E-state index < -0.39 is 0 Å². The second-order valence-electron chi connectivity index (χ2n) is 5.22. The fourth-order valence-electron chi connectivity index (χ4n) is 2.79. The predicted molar refractivity (Wildman–Crippen MR) is 71.2 cm³/mol. The van der Waals surface area contributed by atoms with Crippen LogP contribution < -0.4 is 0 Å². The molecule has 1 aliphatic carbocycles. The fraction of sp³-hybridized carbons (Fsp3) is 0.600. The Balaban J connectivity index is 2.02. The first-order valence-electron chi connectivity index (χ1n) is 6.69. The van der Waals surface area contributed by atoms with Crippen molar-refractivity contribution in [2.45, 2.75) is 51.1 Å². The van der Waals surface area contributed by atoms with Crippen molar-refractivity contribution in [2.24, 2.45) is 0 Å². The molecule has 1 saturated carbocycles. The van der Waals surface area contributed by atoms with Gasteiger partial charge in [0.05, 0.1) is 0 Å². The van der Waals surface area contributed by atoms with Gasteiger partial charge in [-0.15, -0.1) is 0 Å². The van der Waals surface area contributed by atoms with E-state index in [1.807, 2.05) is 12.1 Å². The maximum absolute atomic E-state index is 9.31. The summed E-state index contributed by atoms with van der Waals surface area (Å²) in [5.41, 5.74) is 1.29. The lowest BCUT2D eigenvalue weighted by molar-refractivity contribution is 0.146. The molecule has 1 aliphatic rings. The van der Waals surface area contributed by atoms with E-state index in [0.29, 0.717) is 11.8 Å². The molecule has 1 aromatic carbocycles. The Labute approximate surface area is 104 Å². The van der Waals surface area contributed by atoms with Crippen LogP contribution in [-0.2, 0) is 0 Å². The molecular weight excluding hydrogens is 210 g/mol. The Hall–Kier alpha value is -1.02. The average molecular weight is 233 g/mol. The number of nitrogens with zero attached hydrogens (tertiary/aromatic N) is 1. The van der Waals surface area contributed by atoms with Gasteiger partial charge < -0.3 is 5.11 Å². The number of benzene rings is 1. The number of aromatic hydroxyl groups is 1. The molecule has 0 amide bonds. The zero-order valence-corrected chi connectivity index (χ0v) is 10.9. The third-order valence-electron chi connectivity index (χ3n) is 4.14. The van der Waals surface area contributed by atoms with Crippen molar-refractivity contribution in [3.8, 4) is 5.75 Å². The van der Waals surface area contributed by atoms with Crippen molar-refractivity contribution in [2.75, 3.05) is 7.05 Å². The summed E-state index contributed by atoms with van der Waals surface area (Å²) in [4.78, 5) is 2.49. The minimum atomic E-state index is 0.348. The topological polar surface area (TPSA) is 23.5 Å². The van der Waals surface area contributed by atoms with E-state index in [-0.39, 0.29) is 0 Å². The van der Waals surface area contributed by atoms with Crippen molar-refractivity contribution >= 4 is 0 Å². The van der Waals surface area contributed by atoms with Gasteiger partial charge in [0.2, 0.25) is 0 Å². The van der Waals surface area contributed by atoms with Crippen LogP contribution in [0.2, 0.25) is 0 Å².